The van der Waals surface area contributed by atoms with E-state index in [2.05, 4.69) is 4.90 Å². The van der Waals surface area contributed by atoms with Gasteiger partial charge in [-0.3, -0.25) is 9.69 Å². The normalized spacial score (nSPS) is 29.0. The maximum Gasteiger partial charge on any atom is 0.319 e. The molecule has 126 valence electrons. The number of aliphatic hydroxyl groups excluding tert-OH is 1. The van der Waals surface area contributed by atoms with Crippen LogP contribution in [0.15, 0.2) is 30.3 Å². The van der Waals surface area contributed by atoms with Crippen molar-refractivity contribution in [1.82, 2.24) is 4.90 Å². The number of benzene rings is 1. The molecule has 4 nitrogen and oxygen atoms in total. The third-order valence-corrected chi connectivity index (χ3v) is 5.52. The lowest BCUT2D eigenvalue weighted by molar-refractivity contribution is -0.168. The Morgan fingerprint density at radius 1 is 1.30 bits per heavy atom. The molecule has 3 aliphatic rings. The van der Waals surface area contributed by atoms with Crippen LogP contribution < -0.4 is 0 Å². The molecule has 1 N–H and O–H groups in total. The summed E-state index contributed by atoms with van der Waals surface area (Å²) in [5.41, 5.74) is -0.0715. The van der Waals surface area contributed by atoms with Crippen molar-refractivity contribution < 1.29 is 14.6 Å². The van der Waals surface area contributed by atoms with Crippen LogP contribution in [0.3, 0.4) is 0 Å². The summed E-state index contributed by atoms with van der Waals surface area (Å²) in [5.74, 6) is 0.226. The average molecular weight is 317 g/mol. The summed E-state index contributed by atoms with van der Waals surface area (Å²) in [6, 6.07) is 9.59. The summed E-state index contributed by atoms with van der Waals surface area (Å²) < 4.78 is 5.95. The van der Waals surface area contributed by atoms with Crippen LogP contribution in [0, 0.1) is 5.92 Å². The molecule has 3 fully saturated rings. The third kappa shape index (κ3) is 3.15. The van der Waals surface area contributed by atoms with Crippen LogP contribution in [0.5, 0.6) is 0 Å². The number of ether oxygens (including phenoxy) is 1. The molecule has 2 bridgehead atoms. The summed E-state index contributed by atoms with van der Waals surface area (Å²) >= 11 is 0. The molecule has 0 amide bonds. The van der Waals surface area contributed by atoms with E-state index < -0.39 is 5.41 Å². The summed E-state index contributed by atoms with van der Waals surface area (Å²) in [6.45, 7) is 4.92. The summed E-state index contributed by atoms with van der Waals surface area (Å²) in [6.07, 6.45) is 3.64. The van der Waals surface area contributed by atoms with Gasteiger partial charge in [-0.25, -0.2) is 0 Å². The molecule has 2 atom stereocenters. The highest BCUT2D eigenvalue weighted by atomic mass is 16.5. The Morgan fingerprint density at radius 3 is 2.52 bits per heavy atom. The molecule has 4 rings (SSSR count). The SMILES string of the molecule is CCC[C@@](CO)(C(=O)O[C@@H]1CN2CCC1CC2)c1ccccc1. The van der Waals surface area contributed by atoms with Gasteiger partial charge in [-0.2, -0.15) is 0 Å². The number of hydrogen-bond donors (Lipinski definition) is 1. The molecule has 0 aromatic heterocycles. The Hall–Kier alpha value is -1.39. The molecular weight excluding hydrogens is 290 g/mol. The zero-order chi connectivity index (χ0) is 16.3. The molecule has 3 saturated heterocycles. The molecule has 0 aliphatic carbocycles. The number of rotatable bonds is 6. The van der Waals surface area contributed by atoms with E-state index in [4.69, 9.17) is 4.74 Å². The van der Waals surface area contributed by atoms with Gasteiger partial charge in [-0.15, -0.1) is 0 Å². The van der Waals surface area contributed by atoms with Crippen molar-refractivity contribution in [2.45, 2.75) is 44.1 Å². The number of aliphatic hydroxyl groups is 1. The van der Waals surface area contributed by atoms with E-state index in [9.17, 15) is 9.90 Å². The lowest BCUT2D eigenvalue weighted by Crippen LogP contribution is -2.54. The van der Waals surface area contributed by atoms with Crippen molar-refractivity contribution in [3.8, 4) is 0 Å². The van der Waals surface area contributed by atoms with Gasteiger partial charge in [0.25, 0.3) is 0 Å². The maximum atomic E-state index is 13.0. The second-order valence-corrected chi connectivity index (χ2v) is 6.94. The van der Waals surface area contributed by atoms with Gasteiger partial charge >= 0.3 is 5.97 Å². The number of esters is 1. The van der Waals surface area contributed by atoms with Gasteiger partial charge in [-0.05, 0) is 43.8 Å². The predicted molar refractivity (Wildman–Crippen MR) is 89.2 cm³/mol. The van der Waals surface area contributed by atoms with E-state index in [1.54, 1.807) is 0 Å². The van der Waals surface area contributed by atoms with Crippen LogP contribution in [0.4, 0.5) is 0 Å². The Morgan fingerprint density at radius 2 is 2.00 bits per heavy atom. The van der Waals surface area contributed by atoms with Crippen LogP contribution in [-0.2, 0) is 14.9 Å². The molecular formula is C19H27NO3. The second-order valence-electron chi connectivity index (χ2n) is 6.94. The smallest absolute Gasteiger partial charge is 0.319 e. The van der Waals surface area contributed by atoms with Crippen molar-refractivity contribution in [2.24, 2.45) is 5.92 Å². The van der Waals surface area contributed by atoms with E-state index in [1.165, 1.54) is 0 Å². The minimum atomic E-state index is -0.929. The van der Waals surface area contributed by atoms with Crippen molar-refractivity contribution in [2.75, 3.05) is 26.2 Å². The van der Waals surface area contributed by atoms with Crippen LogP contribution in [0.2, 0.25) is 0 Å². The quantitative estimate of drug-likeness (QED) is 0.818. The van der Waals surface area contributed by atoms with Gasteiger partial charge in [0.2, 0.25) is 0 Å². The van der Waals surface area contributed by atoms with Gasteiger partial charge in [0.05, 0.1) is 6.61 Å². The fraction of sp³-hybridized carbons (Fsp3) is 0.632. The minimum Gasteiger partial charge on any atom is -0.460 e. The van der Waals surface area contributed by atoms with Crippen LogP contribution in [0.25, 0.3) is 0 Å². The number of carbonyl (C=O) groups is 1. The molecule has 0 unspecified atom stereocenters. The first-order valence-electron chi connectivity index (χ1n) is 8.79. The zero-order valence-corrected chi connectivity index (χ0v) is 13.9. The summed E-state index contributed by atoms with van der Waals surface area (Å²) in [5, 5.41) is 10.1. The van der Waals surface area contributed by atoms with Gasteiger partial charge in [0, 0.05) is 6.54 Å². The minimum absolute atomic E-state index is 0.0171. The molecule has 0 saturated carbocycles. The van der Waals surface area contributed by atoms with Crippen LogP contribution in [-0.4, -0.2) is 48.3 Å². The highest BCUT2D eigenvalue weighted by Gasteiger charge is 2.44. The van der Waals surface area contributed by atoms with E-state index in [1.807, 2.05) is 37.3 Å². The van der Waals surface area contributed by atoms with Crippen molar-refractivity contribution in [3.63, 3.8) is 0 Å². The first-order chi connectivity index (χ1) is 11.2. The van der Waals surface area contributed by atoms with E-state index in [0.717, 1.165) is 44.5 Å². The standard InChI is InChI=1S/C19H27NO3/c1-2-10-19(14-21,16-6-4-3-5-7-16)18(22)23-17-13-20-11-8-15(17)9-12-20/h3-7,15,17,21H,2,8-14H2,1H3/t17-,19+/m1/s1. The topological polar surface area (TPSA) is 49.8 Å². The van der Waals surface area contributed by atoms with Crippen LogP contribution in [0.1, 0.15) is 38.2 Å². The molecule has 23 heavy (non-hydrogen) atoms. The lowest BCUT2D eigenvalue weighted by Gasteiger charge is -2.45. The summed E-state index contributed by atoms with van der Waals surface area (Å²) in [4.78, 5) is 15.4. The number of nitrogens with zero attached hydrogens (tertiary/aromatic N) is 1. The number of carbonyl (C=O) groups excluding carboxylic acids is 1. The molecule has 0 radical (unpaired) electrons. The Labute approximate surface area is 138 Å². The van der Waals surface area contributed by atoms with Crippen LogP contribution >= 0.6 is 0 Å². The second kappa shape index (κ2) is 7.02. The van der Waals surface area contributed by atoms with Crippen molar-refractivity contribution in [1.29, 1.82) is 0 Å². The average Bonchev–Trinajstić information content (AvgIpc) is 2.61. The highest BCUT2D eigenvalue weighted by molar-refractivity contribution is 5.83. The predicted octanol–water partition coefficient (Wildman–Crippen LogP) is 2.35. The van der Waals surface area contributed by atoms with E-state index >= 15 is 0 Å². The number of piperidine rings is 3. The molecule has 1 aromatic carbocycles. The van der Waals surface area contributed by atoms with E-state index in [0.29, 0.717) is 12.3 Å². The Balaban J connectivity index is 1.80. The maximum absolute atomic E-state index is 13.0. The fourth-order valence-corrected chi connectivity index (χ4v) is 4.08. The lowest BCUT2D eigenvalue weighted by atomic mass is 9.77. The first kappa shape index (κ1) is 16.5. The molecule has 1 aromatic rings. The molecule has 3 heterocycles. The Bertz CT molecular complexity index is 525. The molecule has 3 aliphatic heterocycles. The fourth-order valence-electron chi connectivity index (χ4n) is 4.08. The molecule has 0 spiro atoms. The third-order valence-electron chi connectivity index (χ3n) is 5.52. The number of fused-ring (bicyclic) bond motifs is 3. The van der Waals surface area contributed by atoms with Gasteiger partial charge < -0.3 is 9.84 Å². The first-order valence-corrected chi connectivity index (χ1v) is 8.79. The van der Waals surface area contributed by atoms with Crippen molar-refractivity contribution >= 4 is 5.97 Å². The number of hydrogen-bond acceptors (Lipinski definition) is 4. The van der Waals surface area contributed by atoms with Gasteiger partial charge in [0.15, 0.2) is 0 Å². The Kier molecular flexibility index (Phi) is 5.02. The monoisotopic (exact) mass is 317 g/mol. The highest BCUT2D eigenvalue weighted by Crippen LogP contribution is 2.35. The largest absolute Gasteiger partial charge is 0.460 e. The zero-order valence-electron chi connectivity index (χ0n) is 13.9. The van der Waals surface area contributed by atoms with Gasteiger partial charge in [0.1, 0.15) is 11.5 Å². The van der Waals surface area contributed by atoms with Gasteiger partial charge in [-0.1, -0.05) is 43.7 Å². The summed E-state index contributed by atoms with van der Waals surface area (Å²) in [7, 11) is 0. The molecule has 4 heteroatoms. The van der Waals surface area contributed by atoms with E-state index in [-0.39, 0.29) is 18.7 Å². The van der Waals surface area contributed by atoms with Crippen molar-refractivity contribution in [3.05, 3.63) is 35.9 Å².